The molecule has 4 heteroatoms. The van der Waals surface area contributed by atoms with Crippen molar-refractivity contribution in [2.75, 3.05) is 0 Å². The first-order valence-corrected chi connectivity index (χ1v) is 5.64. The monoisotopic (exact) mass is 407 g/mol. The van der Waals surface area contributed by atoms with Crippen molar-refractivity contribution in [3.05, 3.63) is 42.4 Å². The summed E-state index contributed by atoms with van der Waals surface area (Å²) in [5.74, 6) is 1.53. The van der Waals surface area contributed by atoms with Crippen LogP contribution in [0.3, 0.4) is 0 Å². The average Bonchev–Trinajstić information content (AvgIpc) is 2.76. The third kappa shape index (κ3) is 4.06. The minimum atomic E-state index is 0. The van der Waals surface area contributed by atoms with Crippen LogP contribution >= 0.6 is 0 Å². The average molecular weight is 407 g/mol. The van der Waals surface area contributed by atoms with Crippen LogP contribution in [0.4, 0.5) is 0 Å². The molecule has 2 rings (SSSR count). The molecule has 93 valence electrons. The molecule has 2 aromatic heterocycles. The second-order valence-corrected chi connectivity index (χ2v) is 4.30. The summed E-state index contributed by atoms with van der Waals surface area (Å²) in [5.41, 5.74) is 1.08. The maximum atomic E-state index is 4.45. The van der Waals surface area contributed by atoms with Crippen LogP contribution in [-0.4, -0.2) is 14.8 Å². The van der Waals surface area contributed by atoms with Gasteiger partial charge in [0, 0.05) is 26.3 Å². The van der Waals surface area contributed by atoms with E-state index >= 15 is 0 Å². The minimum Gasteiger partial charge on any atom is -0.343 e. The van der Waals surface area contributed by atoms with Crippen molar-refractivity contribution in [2.45, 2.75) is 26.7 Å². The van der Waals surface area contributed by atoms with E-state index < -0.39 is 0 Å². The molecule has 0 aliphatic rings. The molecule has 2 aromatic rings. The van der Waals surface area contributed by atoms with E-state index in [-0.39, 0.29) is 20.1 Å². The fraction of sp³-hybridized carbons (Fsp3) is 0.385. The molecule has 0 aliphatic heterocycles. The molecule has 0 saturated carbocycles. The van der Waals surface area contributed by atoms with E-state index in [4.69, 9.17) is 0 Å². The molecule has 3 nitrogen and oxygen atoms in total. The van der Waals surface area contributed by atoms with Crippen molar-refractivity contribution in [1.29, 1.82) is 0 Å². The summed E-state index contributed by atoms with van der Waals surface area (Å²) < 4.78 is 1.70. The van der Waals surface area contributed by atoms with Gasteiger partial charge in [0.25, 0.3) is 0 Å². The van der Waals surface area contributed by atoms with Crippen LogP contribution in [0.5, 0.6) is 0 Å². The number of rotatable bonds is 4. The molecule has 0 bridgehead atoms. The summed E-state index contributed by atoms with van der Waals surface area (Å²) in [6, 6.07) is 7.71. The van der Waals surface area contributed by atoms with Crippen molar-refractivity contribution in [1.82, 2.24) is 14.8 Å². The summed E-state index contributed by atoms with van der Waals surface area (Å²) in [6.07, 6.45) is 7.02. The quantitative estimate of drug-likeness (QED) is 0.731. The van der Waals surface area contributed by atoms with E-state index in [1.165, 1.54) is 0 Å². The number of hydrogen-bond acceptors (Lipinski definition) is 2. The van der Waals surface area contributed by atoms with Crippen LogP contribution in [0.2, 0.25) is 0 Å². The maximum absolute atomic E-state index is 4.45. The zero-order valence-electron chi connectivity index (χ0n) is 10.1. The molecule has 0 unspecified atom stereocenters. The number of aromatic nitrogens is 3. The van der Waals surface area contributed by atoms with E-state index in [0.717, 1.165) is 24.4 Å². The Morgan fingerprint density at radius 3 is 2.82 bits per heavy atom. The Balaban J connectivity index is 0.00000144. The van der Waals surface area contributed by atoms with Crippen molar-refractivity contribution in [3.63, 3.8) is 0 Å². The van der Waals surface area contributed by atoms with Crippen LogP contribution in [0, 0.1) is 12.1 Å². The molecule has 2 heterocycles. The molecule has 0 N–H and O–H groups in total. The summed E-state index contributed by atoms with van der Waals surface area (Å²) in [5, 5.41) is 4.45. The van der Waals surface area contributed by atoms with Crippen LogP contribution in [0.15, 0.2) is 30.5 Å². The molecule has 0 spiro atoms. The molecule has 1 radical (unpaired) electrons. The van der Waals surface area contributed by atoms with Gasteiger partial charge in [0.15, 0.2) is 0 Å². The van der Waals surface area contributed by atoms with Crippen molar-refractivity contribution in [3.8, 4) is 5.82 Å². The first-order chi connectivity index (χ1) is 7.75. The Kier molecular flexibility index (Phi) is 5.52. The summed E-state index contributed by atoms with van der Waals surface area (Å²) in [4.78, 5) is 4.23. The molecule has 0 saturated heterocycles. The van der Waals surface area contributed by atoms with Gasteiger partial charge in [-0.25, -0.2) is 0 Å². The summed E-state index contributed by atoms with van der Waals surface area (Å²) in [7, 11) is 0. The molecule has 0 amide bonds. The third-order valence-corrected chi connectivity index (χ3v) is 2.43. The molecular formula is C13H16IrN3-. The standard InChI is InChI=1S/C13H16N3.Ir/c1-11(2)6-7-12-8-10-16(15-12)13-5-3-4-9-14-13;/h3-5,8-9,11H,6-7H2,1-2H3;/q-1;. The molecule has 0 fully saturated rings. The first kappa shape index (κ1) is 14.1. The van der Waals surface area contributed by atoms with E-state index in [0.29, 0.717) is 5.92 Å². The van der Waals surface area contributed by atoms with Crippen LogP contribution < -0.4 is 0 Å². The van der Waals surface area contributed by atoms with Gasteiger partial charge in [0.1, 0.15) is 0 Å². The van der Waals surface area contributed by atoms with Crippen LogP contribution in [0.1, 0.15) is 26.0 Å². The van der Waals surface area contributed by atoms with Crippen LogP contribution in [-0.2, 0) is 26.5 Å². The topological polar surface area (TPSA) is 30.7 Å². The zero-order valence-corrected chi connectivity index (χ0v) is 12.4. The van der Waals surface area contributed by atoms with Gasteiger partial charge in [0.05, 0.1) is 5.82 Å². The predicted molar refractivity (Wildman–Crippen MR) is 63.4 cm³/mol. The van der Waals surface area contributed by atoms with Gasteiger partial charge >= 0.3 is 0 Å². The minimum absolute atomic E-state index is 0. The largest absolute Gasteiger partial charge is 0.343 e. The van der Waals surface area contributed by atoms with Gasteiger partial charge in [0.2, 0.25) is 0 Å². The second-order valence-electron chi connectivity index (χ2n) is 4.30. The number of aryl methyl sites for hydroxylation is 1. The smallest absolute Gasteiger partial charge is 0.0519 e. The van der Waals surface area contributed by atoms with Crippen LogP contribution in [0.25, 0.3) is 5.82 Å². The SMILES string of the molecule is CC(C)CCc1c[c-]n(-c2ccccn2)n1.[Ir]. The van der Waals surface area contributed by atoms with E-state index in [1.807, 2.05) is 24.3 Å². The molecular weight excluding hydrogens is 390 g/mol. The predicted octanol–water partition coefficient (Wildman–Crippen LogP) is 2.65. The Hall–Kier alpha value is -0.991. The number of nitrogens with zero attached hydrogens (tertiary/aromatic N) is 3. The fourth-order valence-corrected chi connectivity index (χ4v) is 1.48. The second kappa shape index (κ2) is 6.67. The van der Waals surface area contributed by atoms with Gasteiger partial charge in [-0.3, -0.25) is 5.10 Å². The Bertz CT molecular complexity index is 437. The summed E-state index contributed by atoms with van der Waals surface area (Å²) in [6.45, 7) is 4.44. The van der Waals surface area contributed by atoms with Crippen molar-refractivity contribution < 1.29 is 20.1 Å². The van der Waals surface area contributed by atoms with Gasteiger partial charge < -0.3 is 9.67 Å². The zero-order chi connectivity index (χ0) is 11.4. The Morgan fingerprint density at radius 1 is 1.35 bits per heavy atom. The number of hydrogen-bond donors (Lipinski definition) is 0. The molecule has 0 atom stereocenters. The van der Waals surface area contributed by atoms with Crippen molar-refractivity contribution >= 4 is 0 Å². The van der Waals surface area contributed by atoms with Gasteiger partial charge in [-0.05, 0) is 17.7 Å². The third-order valence-electron chi connectivity index (χ3n) is 2.43. The van der Waals surface area contributed by atoms with E-state index in [1.54, 1.807) is 10.9 Å². The fourth-order valence-electron chi connectivity index (χ4n) is 1.48. The molecule has 17 heavy (non-hydrogen) atoms. The Labute approximate surface area is 116 Å². The Morgan fingerprint density at radius 2 is 2.18 bits per heavy atom. The van der Waals surface area contributed by atoms with Crippen molar-refractivity contribution in [2.24, 2.45) is 5.92 Å². The van der Waals surface area contributed by atoms with E-state index in [2.05, 4.69) is 30.1 Å². The normalized spacial score (nSPS) is 10.3. The van der Waals surface area contributed by atoms with Gasteiger partial charge in [-0.1, -0.05) is 45.0 Å². The first-order valence-electron chi connectivity index (χ1n) is 5.64. The molecule has 0 aromatic carbocycles. The summed E-state index contributed by atoms with van der Waals surface area (Å²) >= 11 is 0. The van der Waals surface area contributed by atoms with Gasteiger partial charge in [-0.2, -0.15) is 0 Å². The van der Waals surface area contributed by atoms with Gasteiger partial charge in [-0.15, -0.1) is 6.07 Å². The maximum Gasteiger partial charge on any atom is 0.0519 e. The van der Waals surface area contributed by atoms with E-state index in [9.17, 15) is 0 Å². The number of pyridine rings is 1. The molecule has 0 aliphatic carbocycles.